The molecule has 0 atom stereocenters. The van der Waals surface area contributed by atoms with Crippen LogP contribution in [0.15, 0.2) is 17.5 Å². The topological polar surface area (TPSA) is 49.8 Å². The minimum absolute atomic E-state index is 0.355. The van der Waals surface area contributed by atoms with Gasteiger partial charge in [-0.1, -0.05) is 11.6 Å². The lowest BCUT2D eigenvalue weighted by Crippen LogP contribution is -1.89. The first kappa shape index (κ1) is 8.36. The Balaban J connectivity index is 2.94. The minimum atomic E-state index is 0.355. The number of nitrogens with zero attached hydrogens (tertiary/aromatic N) is 1. The van der Waals surface area contributed by atoms with E-state index in [1.165, 1.54) is 0 Å². The molecule has 0 saturated heterocycles. The number of nitrogens with two attached hydrogens (primary N) is 1. The van der Waals surface area contributed by atoms with Gasteiger partial charge in [-0.3, -0.25) is 0 Å². The molecule has 0 aliphatic rings. The van der Waals surface area contributed by atoms with Gasteiger partial charge in [-0.25, -0.2) is 0 Å². The van der Waals surface area contributed by atoms with Gasteiger partial charge in [-0.2, -0.15) is 5.26 Å². The third-order valence-corrected chi connectivity index (χ3v) is 3.13. The van der Waals surface area contributed by atoms with Crippen LogP contribution in [0.4, 0.5) is 5.69 Å². The molecule has 0 radical (unpaired) electrons. The van der Waals surface area contributed by atoms with Crippen molar-refractivity contribution in [1.29, 1.82) is 5.26 Å². The van der Waals surface area contributed by atoms with E-state index < -0.39 is 0 Å². The zero-order valence-corrected chi connectivity index (χ0v) is 8.12. The zero-order valence-electron chi connectivity index (χ0n) is 6.54. The van der Waals surface area contributed by atoms with Crippen molar-refractivity contribution in [3.8, 4) is 6.07 Å². The van der Waals surface area contributed by atoms with E-state index in [-0.39, 0.29) is 0 Å². The summed E-state index contributed by atoms with van der Waals surface area (Å²) in [4.78, 5) is 0. The summed E-state index contributed by atoms with van der Waals surface area (Å²) in [5, 5.41) is 12.0. The monoisotopic (exact) mass is 208 g/mol. The molecule has 1 aromatic heterocycles. The highest BCUT2D eigenvalue weighted by atomic mass is 35.5. The Morgan fingerprint density at radius 1 is 1.54 bits per heavy atom. The summed E-state index contributed by atoms with van der Waals surface area (Å²) < 4.78 is 0.999. The van der Waals surface area contributed by atoms with Crippen LogP contribution >= 0.6 is 22.9 Å². The third-order valence-electron chi connectivity index (χ3n) is 1.85. The van der Waals surface area contributed by atoms with Crippen molar-refractivity contribution >= 4 is 38.7 Å². The van der Waals surface area contributed by atoms with Crippen LogP contribution in [0.1, 0.15) is 5.56 Å². The Morgan fingerprint density at radius 3 is 3.00 bits per heavy atom. The smallest absolute Gasteiger partial charge is 0.101 e. The van der Waals surface area contributed by atoms with E-state index in [4.69, 9.17) is 22.6 Å². The largest absolute Gasteiger partial charge is 0.397 e. The fraction of sp³-hybridized carbons (Fsp3) is 0. The molecule has 0 fully saturated rings. The zero-order chi connectivity index (χ0) is 9.42. The van der Waals surface area contributed by atoms with E-state index in [1.54, 1.807) is 17.4 Å². The highest BCUT2D eigenvalue weighted by molar-refractivity contribution is 7.17. The average Bonchev–Trinajstić information content (AvgIpc) is 2.59. The summed E-state index contributed by atoms with van der Waals surface area (Å²) in [6.45, 7) is 0. The van der Waals surface area contributed by atoms with E-state index in [2.05, 4.69) is 0 Å². The lowest BCUT2D eigenvalue weighted by atomic mass is 10.1. The molecule has 64 valence electrons. The Bertz CT molecular complexity index is 510. The highest BCUT2D eigenvalue weighted by Gasteiger charge is 2.09. The molecule has 0 bridgehead atoms. The first-order valence-electron chi connectivity index (χ1n) is 3.59. The predicted molar refractivity (Wildman–Crippen MR) is 56.0 cm³/mol. The van der Waals surface area contributed by atoms with Gasteiger partial charge in [0.15, 0.2) is 0 Å². The van der Waals surface area contributed by atoms with E-state index in [0.717, 1.165) is 10.1 Å². The summed E-state index contributed by atoms with van der Waals surface area (Å²) >= 11 is 7.44. The maximum atomic E-state index is 8.75. The molecule has 0 spiro atoms. The number of fused-ring (bicyclic) bond motifs is 1. The van der Waals surface area contributed by atoms with E-state index in [9.17, 15) is 0 Å². The Hall–Kier alpha value is -1.24. The summed E-state index contributed by atoms with van der Waals surface area (Å²) in [6, 6.07) is 5.68. The second-order valence-corrected chi connectivity index (χ2v) is 3.92. The minimum Gasteiger partial charge on any atom is -0.397 e. The maximum Gasteiger partial charge on any atom is 0.101 e. The molecule has 1 heterocycles. The first-order chi connectivity index (χ1) is 6.24. The fourth-order valence-electron chi connectivity index (χ4n) is 1.19. The summed E-state index contributed by atoms with van der Waals surface area (Å²) in [6.07, 6.45) is 0. The third kappa shape index (κ3) is 1.15. The van der Waals surface area contributed by atoms with Crippen molar-refractivity contribution in [1.82, 2.24) is 0 Å². The van der Waals surface area contributed by atoms with Crippen molar-refractivity contribution in [3.05, 3.63) is 28.1 Å². The molecule has 0 saturated carbocycles. The van der Waals surface area contributed by atoms with Gasteiger partial charge in [0.05, 0.1) is 16.3 Å². The van der Waals surface area contributed by atoms with Gasteiger partial charge in [-0.05, 0) is 17.5 Å². The quantitative estimate of drug-likeness (QED) is 0.677. The lowest BCUT2D eigenvalue weighted by molar-refractivity contribution is 1.50. The molecular formula is C9H5ClN2S. The van der Waals surface area contributed by atoms with E-state index in [1.807, 2.05) is 17.5 Å². The van der Waals surface area contributed by atoms with Crippen LogP contribution in [-0.4, -0.2) is 0 Å². The van der Waals surface area contributed by atoms with Crippen molar-refractivity contribution in [2.24, 2.45) is 0 Å². The summed E-state index contributed by atoms with van der Waals surface area (Å²) in [5.74, 6) is 0. The predicted octanol–water partition coefficient (Wildman–Crippen LogP) is 3.01. The normalized spacial score (nSPS) is 10.2. The molecule has 2 nitrogen and oxygen atoms in total. The lowest BCUT2D eigenvalue weighted by Gasteiger charge is -2.01. The van der Waals surface area contributed by atoms with Crippen molar-refractivity contribution in [2.45, 2.75) is 0 Å². The van der Waals surface area contributed by atoms with Crippen molar-refractivity contribution in [2.75, 3.05) is 5.73 Å². The second kappa shape index (κ2) is 2.91. The molecule has 2 rings (SSSR count). The van der Waals surface area contributed by atoms with Crippen molar-refractivity contribution < 1.29 is 0 Å². The number of thiophene rings is 1. The molecule has 0 aliphatic carbocycles. The van der Waals surface area contributed by atoms with Crippen LogP contribution in [0.5, 0.6) is 0 Å². The van der Waals surface area contributed by atoms with Gasteiger partial charge in [-0.15, -0.1) is 11.3 Å². The molecule has 13 heavy (non-hydrogen) atoms. The molecule has 0 unspecified atom stereocenters. The summed E-state index contributed by atoms with van der Waals surface area (Å²) in [7, 11) is 0. The number of halogens is 1. The van der Waals surface area contributed by atoms with Crippen LogP contribution in [0.25, 0.3) is 10.1 Å². The molecule has 0 aliphatic heterocycles. The fourth-order valence-corrected chi connectivity index (χ4v) is 2.23. The molecule has 1 aromatic carbocycles. The van der Waals surface area contributed by atoms with Gasteiger partial charge in [0.2, 0.25) is 0 Å². The van der Waals surface area contributed by atoms with Gasteiger partial charge in [0.25, 0.3) is 0 Å². The SMILES string of the molecule is N#Cc1cc2sccc2c(N)c1Cl. The number of hydrogen-bond donors (Lipinski definition) is 1. The van der Waals surface area contributed by atoms with Crippen LogP contribution < -0.4 is 5.73 Å². The molecule has 2 N–H and O–H groups in total. The molecule has 0 amide bonds. The van der Waals surface area contributed by atoms with Crippen LogP contribution in [-0.2, 0) is 0 Å². The van der Waals surface area contributed by atoms with Crippen LogP contribution in [0, 0.1) is 11.3 Å². The number of benzene rings is 1. The van der Waals surface area contributed by atoms with Gasteiger partial charge < -0.3 is 5.73 Å². The number of rotatable bonds is 0. The standard InChI is InChI=1S/C9H5ClN2S/c10-8-5(4-11)3-7-6(9(8)12)1-2-13-7/h1-3H,12H2. The number of hydrogen-bond acceptors (Lipinski definition) is 3. The second-order valence-electron chi connectivity index (χ2n) is 2.60. The molecule has 2 aromatic rings. The number of nitriles is 1. The Labute approximate surface area is 84.2 Å². The highest BCUT2D eigenvalue weighted by Crippen LogP contribution is 2.34. The summed E-state index contributed by atoms with van der Waals surface area (Å²) in [5.41, 5.74) is 6.70. The Kier molecular flexibility index (Phi) is 1.87. The average molecular weight is 209 g/mol. The van der Waals surface area contributed by atoms with Crippen LogP contribution in [0.2, 0.25) is 5.02 Å². The Morgan fingerprint density at radius 2 is 2.31 bits per heavy atom. The molecule has 4 heteroatoms. The number of nitrogen functional groups attached to an aromatic ring is 1. The van der Waals surface area contributed by atoms with Gasteiger partial charge >= 0.3 is 0 Å². The molecular weight excluding hydrogens is 204 g/mol. The first-order valence-corrected chi connectivity index (χ1v) is 4.85. The van der Waals surface area contributed by atoms with Gasteiger partial charge in [0, 0.05) is 10.1 Å². The van der Waals surface area contributed by atoms with E-state index >= 15 is 0 Å². The maximum absolute atomic E-state index is 8.75. The van der Waals surface area contributed by atoms with Gasteiger partial charge in [0.1, 0.15) is 6.07 Å². The number of anilines is 1. The van der Waals surface area contributed by atoms with Crippen LogP contribution in [0.3, 0.4) is 0 Å². The van der Waals surface area contributed by atoms with Crippen molar-refractivity contribution in [3.63, 3.8) is 0 Å². The van der Waals surface area contributed by atoms with E-state index in [0.29, 0.717) is 16.3 Å².